The molecule has 1 aromatic carbocycles. The van der Waals surface area contributed by atoms with Crippen molar-refractivity contribution < 1.29 is 4.74 Å². The predicted octanol–water partition coefficient (Wildman–Crippen LogP) is 5.80. The highest BCUT2D eigenvalue weighted by Crippen LogP contribution is 2.28. The Hall–Kier alpha value is -0.550. The van der Waals surface area contributed by atoms with Crippen molar-refractivity contribution in [3.8, 4) is 5.75 Å². The molecule has 0 radical (unpaired) electrons. The number of hydrogen-bond donors (Lipinski definition) is 1. The fourth-order valence-corrected chi connectivity index (χ4v) is 3.46. The van der Waals surface area contributed by atoms with Crippen LogP contribution in [0.2, 0.25) is 4.34 Å². The summed E-state index contributed by atoms with van der Waals surface area (Å²) in [5.41, 5.74) is 1.16. The van der Waals surface area contributed by atoms with Crippen molar-refractivity contribution in [1.82, 2.24) is 5.32 Å². The quantitative estimate of drug-likeness (QED) is 0.647. The monoisotopic (exact) mass is 387 g/mol. The van der Waals surface area contributed by atoms with Gasteiger partial charge in [-0.15, -0.1) is 11.3 Å². The molecule has 0 saturated heterocycles. The Labute approximate surface area is 143 Å². The van der Waals surface area contributed by atoms with Gasteiger partial charge in [-0.3, -0.25) is 0 Å². The Morgan fingerprint density at radius 2 is 2.14 bits per heavy atom. The van der Waals surface area contributed by atoms with Gasteiger partial charge in [0.05, 0.1) is 10.9 Å². The first kappa shape index (κ1) is 16.8. The second-order valence-electron chi connectivity index (χ2n) is 4.84. The third-order valence-corrected chi connectivity index (χ3v) is 5.01. The Kier molecular flexibility index (Phi) is 6.55. The van der Waals surface area contributed by atoms with Crippen LogP contribution in [-0.4, -0.2) is 6.61 Å². The van der Waals surface area contributed by atoms with E-state index in [1.807, 2.05) is 18.2 Å². The second-order valence-corrected chi connectivity index (χ2v) is 7.51. The number of nitrogens with one attached hydrogen (secondary N) is 1. The highest BCUT2D eigenvalue weighted by molar-refractivity contribution is 9.10. The van der Waals surface area contributed by atoms with Gasteiger partial charge in [0.1, 0.15) is 5.75 Å². The summed E-state index contributed by atoms with van der Waals surface area (Å²) in [6.45, 7) is 5.76. The molecule has 0 fully saturated rings. The van der Waals surface area contributed by atoms with Gasteiger partial charge in [-0.05, 0) is 43.7 Å². The molecule has 1 aromatic heterocycles. The zero-order valence-corrected chi connectivity index (χ0v) is 15.3. The number of benzene rings is 1. The van der Waals surface area contributed by atoms with Crippen LogP contribution in [0.3, 0.4) is 0 Å². The molecule has 114 valence electrons. The maximum atomic E-state index is 5.99. The summed E-state index contributed by atoms with van der Waals surface area (Å²) in [4.78, 5) is 1.24. The van der Waals surface area contributed by atoms with E-state index in [0.29, 0.717) is 0 Å². The Morgan fingerprint density at radius 1 is 1.33 bits per heavy atom. The molecule has 0 amide bonds. The SMILES string of the molecule is CCCOc1ccc(Br)cc1CNC(C)c1ccc(Cl)s1. The van der Waals surface area contributed by atoms with Crippen molar-refractivity contribution >= 4 is 38.9 Å². The topological polar surface area (TPSA) is 21.3 Å². The lowest BCUT2D eigenvalue weighted by molar-refractivity contribution is 0.313. The van der Waals surface area contributed by atoms with Gasteiger partial charge in [0, 0.05) is 27.5 Å². The Balaban J connectivity index is 2.02. The smallest absolute Gasteiger partial charge is 0.123 e. The highest BCUT2D eigenvalue weighted by atomic mass is 79.9. The fourth-order valence-electron chi connectivity index (χ4n) is 1.96. The molecule has 1 heterocycles. The van der Waals surface area contributed by atoms with Crippen LogP contribution in [0.25, 0.3) is 0 Å². The number of thiophene rings is 1. The van der Waals surface area contributed by atoms with Gasteiger partial charge in [-0.2, -0.15) is 0 Å². The van der Waals surface area contributed by atoms with Gasteiger partial charge in [-0.1, -0.05) is 34.5 Å². The number of halogens is 2. The molecule has 1 N–H and O–H groups in total. The van der Waals surface area contributed by atoms with E-state index in [1.165, 1.54) is 4.88 Å². The van der Waals surface area contributed by atoms with Gasteiger partial charge in [0.15, 0.2) is 0 Å². The molecule has 1 unspecified atom stereocenters. The van der Waals surface area contributed by atoms with Crippen LogP contribution in [0.1, 0.15) is 36.8 Å². The van der Waals surface area contributed by atoms with Gasteiger partial charge < -0.3 is 10.1 Å². The molecule has 0 saturated carbocycles. The first-order valence-corrected chi connectivity index (χ1v) is 8.98. The number of ether oxygens (including phenoxy) is 1. The molecule has 2 aromatic rings. The molecule has 0 aliphatic rings. The molecule has 2 rings (SSSR count). The summed E-state index contributed by atoms with van der Waals surface area (Å²) in [6, 6.07) is 10.4. The summed E-state index contributed by atoms with van der Waals surface area (Å²) in [6.07, 6.45) is 1.01. The van der Waals surface area contributed by atoms with E-state index in [-0.39, 0.29) is 6.04 Å². The van der Waals surface area contributed by atoms with E-state index in [9.17, 15) is 0 Å². The van der Waals surface area contributed by atoms with Crippen molar-refractivity contribution in [2.24, 2.45) is 0 Å². The van der Waals surface area contributed by atoms with Crippen LogP contribution in [-0.2, 0) is 6.54 Å². The average molecular weight is 389 g/mol. The average Bonchev–Trinajstić information content (AvgIpc) is 2.90. The fraction of sp³-hybridized carbons (Fsp3) is 0.375. The van der Waals surface area contributed by atoms with Crippen molar-refractivity contribution in [3.63, 3.8) is 0 Å². The minimum Gasteiger partial charge on any atom is -0.493 e. The third kappa shape index (κ3) is 4.99. The lowest BCUT2D eigenvalue weighted by Gasteiger charge is -2.15. The van der Waals surface area contributed by atoms with Crippen molar-refractivity contribution in [2.45, 2.75) is 32.9 Å². The van der Waals surface area contributed by atoms with Crippen LogP contribution in [0.15, 0.2) is 34.8 Å². The molecule has 5 heteroatoms. The molecular weight excluding hydrogens is 370 g/mol. The highest BCUT2D eigenvalue weighted by Gasteiger charge is 2.10. The van der Waals surface area contributed by atoms with Crippen molar-refractivity contribution in [1.29, 1.82) is 0 Å². The van der Waals surface area contributed by atoms with Gasteiger partial charge in [0.25, 0.3) is 0 Å². The van der Waals surface area contributed by atoms with Gasteiger partial charge in [-0.25, -0.2) is 0 Å². The first-order valence-electron chi connectivity index (χ1n) is 7.00. The standard InChI is InChI=1S/C16H19BrClNOS/c1-3-8-20-14-5-4-13(17)9-12(14)10-19-11(2)15-6-7-16(18)21-15/h4-7,9,11,19H,3,8,10H2,1-2H3. The van der Waals surface area contributed by atoms with E-state index < -0.39 is 0 Å². The van der Waals surface area contributed by atoms with E-state index in [2.05, 4.69) is 47.2 Å². The minimum absolute atomic E-state index is 0.264. The predicted molar refractivity (Wildman–Crippen MR) is 94.5 cm³/mol. The van der Waals surface area contributed by atoms with Crippen LogP contribution >= 0.6 is 38.9 Å². The summed E-state index contributed by atoms with van der Waals surface area (Å²) in [5.74, 6) is 0.948. The maximum absolute atomic E-state index is 5.99. The largest absolute Gasteiger partial charge is 0.493 e. The minimum atomic E-state index is 0.264. The zero-order chi connectivity index (χ0) is 15.2. The third-order valence-electron chi connectivity index (χ3n) is 3.10. The second kappa shape index (κ2) is 8.18. The van der Waals surface area contributed by atoms with Crippen molar-refractivity contribution in [3.05, 3.63) is 49.6 Å². The number of hydrogen-bond acceptors (Lipinski definition) is 3. The molecule has 0 spiro atoms. The normalized spacial score (nSPS) is 12.4. The summed E-state index contributed by atoms with van der Waals surface area (Å²) in [7, 11) is 0. The summed E-state index contributed by atoms with van der Waals surface area (Å²) in [5, 5.41) is 3.52. The molecule has 1 atom stereocenters. The summed E-state index contributed by atoms with van der Waals surface area (Å²) < 4.78 is 7.70. The lowest BCUT2D eigenvalue weighted by atomic mass is 10.2. The van der Waals surface area contributed by atoms with E-state index >= 15 is 0 Å². The van der Waals surface area contributed by atoms with Gasteiger partial charge in [0.2, 0.25) is 0 Å². The molecular formula is C16H19BrClNOS. The molecule has 2 nitrogen and oxygen atoms in total. The first-order chi connectivity index (χ1) is 10.1. The lowest BCUT2D eigenvalue weighted by Crippen LogP contribution is -2.17. The van der Waals surface area contributed by atoms with E-state index in [1.54, 1.807) is 11.3 Å². The Bertz CT molecular complexity index is 587. The number of rotatable bonds is 7. The van der Waals surface area contributed by atoms with Gasteiger partial charge >= 0.3 is 0 Å². The Morgan fingerprint density at radius 3 is 2.81 bits per heavy atom. The van der Waals surface area contributed by atoms with Crippen LogP contribution in [0, 0.1) is 0 Å². The maximum Gasteiger partial charge on any atom is 0.123 e. The van der Waals surface area contributed by atoms with Crippen LogP contribution in [0.5, 0.6) is 5.75 Å². The molecule has 0 aliphatic carbocycles. The molecule has 0 bridgehead atoms. The van der Waals surface area contributed by atoms with Crippen LogP contribution in [0.4, 0.5) is 0 Å². The molecule has 0 aliphatic heterocycles. The summed E-state index contributed by atoms with van der Waals surface area (Å²) >= 11 is 11.1. The van der Waals surface area contributed by atoms with Crippen molar-refractivity contribution in [2.75, 3.05) is 6.61 Å². The zero-order valence-electron chi connectivity index (χ0n) is 12.2. The van der Waals surface area contributed by atoms with E-state index in [4.69, 9.17) is 16.3 Å². The van der Waals surface area contributed by atoms with Crippen LogP contribution < -0.4 is 10.1 Å². The molecule has 21 heavy (non-hydrogen) atoms. The van der Waals surface area contributed by atoms with E-state index in [0.717, 1.165) is 39.7 Å².